The van der Waals surface area contributed by atoms with E-state index in [0.717, 1.165) is 44.0 Å². The highest BCUT2D eigenvalue weighted by atomic mass is 35.5. The molecule has 3 nitrogen and oxygen atoms in total. The first-order valence-electron chi connectivity index (χ1n) is 5.53. The summed E-state index contributed by atoms with van der Waals surface area (Å²) in [6.07, 6.45) is 2.90. The third-order valence-corrected chi connectivity index (χ3v) is 3.15. The Morgan fingerprint density at radius 1 is 1.19 bits per heavy atom. The summed E-state index contributed by atoms with van der Waals surface area (Å²) in [6, 6.07) is 2.14. The molecular formula is C12H16ClNO2. The fourth-order valence-electron chi connectivity index (χ4n) is 2.49. The minimum Gasteiger partial charge on any atom is -0.493 e. The molecule has 2 aliphatic heterocycles. The number of hydrogen-bond donors (Lipinski definition) is 1. The zero-order valence-electron chi connectivity index (χ0n) is 9.12. The Balaban J connectivity index is 0.000000963. The monoisotopic (exact) mass is 241 g/mol. The highest BCUT2D eigenvalue weighted by Crippen LogP contribution is 2.40. The van der Waals surface area contributed by atoms with Crippen LogP contribution in [-0.2, 0) is 19.3 Å². The molecule has 0 aromatic heterocycles. The summed E-state index contributed by atoms with van der Waals surface area (Å²) in [7, 11) is 0. The molecule has 88 valence electrons. The SMILES string of the molecule is Cl.NCCc1c2c(cc3c1OCC3)OCC2. The van der Waals surface area contributed by atoms with Gasteiger partial charge in [0.05, 0.1) is 13.2 Å². The summed E-state index contributed by atoms with van der Waals surface area (Å²) < 4.78 is 11.3. The first-order valence-corrected chi connectivity index (χ1v) is 5.53. The van der Waals surface area contributed by atoms with Crippen LogP contribution in [0.15, 0.2) is 6.07 Å². The third-order valence-electron chi connectivity index (χ3n) is 3.15. The molecule has 0 unspecified atom stereocenters. The Labute approximate surface area is 101 Å². The van der Waals surface area contributed by atoms with Crippen LogP contribution in [0.1, 0.15) is 16.7 Å². The van der Waals surface area contributed by atoms with Crippen molar-refractivity contribution in [1.29, 1.82) is 0 Å². The van der Waals surface area contributed by atoms with E-state index >= 15 is 0 Å². The minimum absolute atomic E-state index is 0. The van der Waals surface area contributed by atoms with Crippen molar-refractivity contribution in [3.05, 3.63) is 22.8 Å². The van der Waals surface area contributed by atoms with Gasteiger partial charge in [0.2, 0.25) is 0 Å². The molecule has 0 amide bonds. The van der Waals surface area contributed by atoms with Crippen LogP contribution in [0.2, 0.25) is 0 Å². The first kappa shape index (κ1) is 11.6. The van der Waals surface area contributed by atoms with Gasteiger partial charge in [0.1, 0.15) is 11.5 Å². The summed E-state index contributed by atoms with van der Waals surface area (Å²) in [5, 5.41) is 0. The Kier molecular flexibility index (Phi) is 3.26. The van der Waals surface area contributed by atoms with Crippen LogP contribution in [0, 0.1) is 0 Å². The van der Waals surface area contributed by atoms with Crippen molar-refractivity contribution in [1.82, 2.24) is 0 Å². The van der Waals surface area contributed by atoms with Crippen molar-refractivity contribution in [3.63, 3.8) is 0 Å². The molecular weight excluding hydrogens is 226 g/mol. The second-order valence-electron chi connectivity index (χ2n) is 4.06. The normalized spacial score (nSPS) is 15.8. The molecule has 3 rings (SSSR count). The average molecular weight is 242 g/mol. The van der Waals surface area contributed by atoms with E-state index in [1.54, 1.807) is 0 Å². The van der Waals surface area contributed by atoms with Crippen LogP contribution in [0.4, 0.5) is 0 Å². The van der Waals surface area contributed by atoms with E-state index in [1.165, 1.54) is 16.7 Å². The summed E-state index contributed by atoms with van der Waals surface area (Å²) in [5.74, 6) is 2.15. The van der Waals surface area contributed by atoms with Gasteiger partial charge in [0.25, 0.3) is 0 Å². The maximum atomic E-state index is 5.70. The lowest BCUT2D eigenvalue weighted by Gasteiger charge is -2.11. The van der Waals surface area contributed by atoms with E-state index in [2.05, 4.69) is 6.07 Å². The van der Waals surface area contributed by atoms with Crippen molar-refractivity contribution in [2.45, 2.75) is 19.3 Å². The molecule has 1 aromatic carbocycles. The summed E-state index contributed by atoms with van der Waals surface area (Å²) >= 11 is 0. The molecule has 0 atom stereocenters. The van der Waals surface area contributed by atoms with E-state index < -0.39 is 0 Å². The number of hydrogen-bond acceptors (Lipinski definition) is 3. The number of ether oxygens (including phenoxy) is 2. The highest BCUT2D eigenvalue weighted by Gasteiger charge is 2.25. The molecule has 16 heavy (non-hydrogen) atoms. The maximum absolute atomic E-state index is 5.70. The zero-order valence-corrected chi connectivity index (χ0v) is 9.94. The molecule has 1 aromatic rings. The minimum atomic E-state index is 0. The number of fused-ring (bicyclic) bond motifs is 2. The van der Waals surface area contributed by atoms with Gasteiger partial charge in [0.15, 0.2) is 0 Å². The lowest BCUT2D eigenvalue weighted by Crippen LogP contribution is -2.06. The smallest absolute Gasteiger partial charge is 0.126 e. The number of rotatable bonds is 2. The van der Waals surface area contributed by atoms with Crippen molar-refractivity contribution in [3.8, 4) is 11.5 Å². The fourth-order valence-corrected chi connectivity index (χ4v) is 2.49. The molecule has 2 heterocycles. The van der Waals surface area contributed by atoms with E-state index in [4.69, 9.17) is 15.2 Å². The number of halogens is 1. The Hall–Kier alpha value is -0.930. The van der Waals surface area contributed by atoms with Crippen LogP contribution in [0.3, 0.4) is 0 Å². The van der Waals surface area contributed by atoms with Gasteiger partial charge < -0.3 is 15.2 Å². The third kappa shape index (κ3) is 1.64. The standard InChI is InChI=1S/C12H15NO2.ClH/c13-4-1-10-9-3-6-14-11(9)7-8-2-5-15-12(8)10;/h7H,1-6,13H2;1H. The van der Waals surface area contributed by atoms with Gasteiger partial charge in [-0.05, 0) is 19.0 Å². The van der Waals surface area contributed by atoms with Crippen LogP contribution >= 0.6 is 12.4 Å². The highest BCUT2D eigenvalue weighted by molar-refractivity contribution is 5.85. The van der Waals surface area contributed by atoms with E-state index in [1.807, 2.05) is 0 Å². The zero-order chi connectivity index (χ0) is 10.3. The molecule has 0 fully saturated rings. The van der Waals surface area contributed by atoms with Crippen molar-refractivity contribution < 1.29 is 9.47 Å². The molecule has 2 N–H and O–H groups in total. The van der Waals surface area contributed by atoms with Gasteiger partial charge in [0, 0.05) is 29.5 Å². The molecule has 0 spiro atoms. The van der Waals surface area contributed by atoms with Crippen molar-refractivity contribution in [2.24, 2.45) is 5.73 Å². The van der Waals surface area contributed by atoms with Gasteiger partial charge in [-0.1, -0.05) is 0 Å². The van der Waals surface area contributed by atoms with Crippen LogP contribution < -0.4 is 15.2 Å². The maximum Gasteiger partial charge on any atom is 0.126 e. The Morgan fingerprint density at radius 3 is 2.81 bits per heavy atom. The van der Waals surface area contributed by atoms with Gasteiger partial charge in [-0.3, -0.25) is 0 Å². The van der Waals surface area contributed by atoms with Gasteiger partial charge in [-0.25, -0.2) is 0 Å². The van der Waals surface area contributed by atoms with Crippen LogP contribution in [0.25, 0.3) is 0 Å². The number of nitrogens with two attached hydrogens (primary N) is 1. The molecule has 4 heteroatoms. The summed E-state index contributed by atoms with van der Waals surface area (Å²) in [6.45, 7) is 2.28. The second kappa shape index (κ2) is 4.52. The van der Waals surface area contributed by atoms with E-state index in [9.17, 15) is 0 Å². The molecule has 0 saturated carbocycles. The van der Waals surface area contributed by atoms with Crippen LogP contribution in [-0.4, -0.2) is 19.8 Å². The summed E-state index contributed by atoms with van der Waals surface area (Å²) in [5.41, 5.74) is 9.56. The molecule has 0 aliphatic carbocycles. The van der Waals surface area contributed by atoms with Crippen molar-refractivity contribution >= 4 is 12.4 Å². The predicted molar refractivity (Wildman–Crippen MR) is 64.8 cm³/mol. The fraction of sp³-hybridized carbons (Fsp3) is 0.500. The molecule has 0 bridgehead atoms. The van der Waals surface area contributed by atoms with Gasteiger partial charge in [-0.15, -0.1) is 12.4 Å². The predicted octanol–water partition coefficient (Wildman–Crippen LogP) is 1.48. The van der Waals surface area contributed by atoms with Crippen LogP contribution in [0.5, 0.6) is 11.5 Å². The first-order chi connectivity index (χ1) is 7.40. The molecule has 0 radical (unpaired) electrons. The van der Waals surface area contributed by atoms with Crippen molar-refractivity contribution in [2.75, 3.05) is 19.8 Å². The van der Waals surface area contributed by atoms with Gasteiger partial charge >= 0.3 is 0 Å². The largest absolute Gasteiger partial charge is 0.493 e. The summed E-state index contributed by atoms with van der Waals surface area (Å²) in [4.78, 5) is 0. The lowest BCUT2D eigenvalue weighted by atomic mass is 9.97. The van der Waals surface area contributed by atoms with E-state index in [0.29, 0.717) is 6.54 Å². The Bertz CT molecular complexity index is 374. The van der Waals surface area contributed by atoms with Gasteiger partial charge in [-0.2, -0.15) is 0 Å². The molecule has 2 aliphatic rings. The molecule has 0 saturated heterocycles. The quantitative estimate of drug-likeness (QED) is 0.853. The van der Waals surface area contributed by atoms with E-state index in [-0.39, 0.29) is 12.4 Å². The Morgan fingerprint density at radius 2 is 2.00 bits per heavy atom. The number of benzene rings is 1. The average Bonchev–Trinajstić information content (AvgIpc) is 2.84. The second-order valence-corrected chi connectivity index (χ2v) is 4.06. The topological polar surface area (TPSA) is 44.5 Å². The lowest BCUT2D eigenvalue weighted by molar-refractivity contribution is 0.353.